The molecule has 0 saturated heterocycles. The molecule has 1 aliphatic rings. The Labute approximate surface area is 122 Å². The monoisotopic (exact) mass is 290 g/mol. The molecule has 104 valence electrons. The van der Waals surface area contributed by atoms with Gasteiger partial charge < -0.3 is 9.30 Å². The second-order valence-electron chi connectivity index (χ2n) is 4.89. The maximum atomic E-state index is 11.8. The van der Waals surface area contributed by atoms with Crippen molar-refractivity contribution in [3.63, 3.8) is 0 Å². The predicted molar refractivity (Wildman–Crippen MR) is 76.7 cm³/mol. The Morgan fingerprint density at radius 3 is 2.85 bits per heavy atom. The van der Waals surface area contributed by atoms with E-state index in [0.717, 1.165) is 36.3 Å². The summed E-state index contributed by atoms with van der Waals surface area (Å²) in [6.07, 6.45) is 4.58. The topological polar surface area (TPSA) is 44.1 Å². The summed E-state index contributed by atoms with van der Waals surface area (Å²) in [4.78, 5) is 16.5. The zero-order valence-electron chi connectivity index (χ0n) is 11.2. The molecular formula is C15H15ClN2O2. The van der Waals surface area contributed by atoms with Crippen molar-refractivity contribution in [3.05, 3.63) is 41.3 Å². The number of ether oxygens (including phenoxy) is 1. The molecule has 0 amide bonds. The van der Waals surface area contributed by atoms with E-state index in [9.17, 15) is 4.79 Å². The third kappa shape index (κ3) is 2.31. The summed E-state index contributed by atoms with van der Waals surface area (Å²) in [5, 5.41) is 0.699. The number of hydrogen-bond donors (Lipinski definition) is 0. The van der Waals surface area contributed by atoms with E-state index in [-0.39, 0.29) is 12.0 Å². The Hall–Kier alpha value is -1.81. The molecule has 0 fully saturated rings. The van der Waals surface area contributed by atoms with Crippen molar-refractivity contribution >= 4 is 17.6 Å². The summed E-state index contributed by atoms with van der Waals surface area (Å²) in [6, 6.07) is 7.30. The molecular weight excluding hydrogens is 276 g/mol. The smallest absolute Gasteiger partial charge is 0.328 e. The largest absolute Gasteiger partial charge is 0.467 e. The second kappa shape index (κ2) is 5.29. The third-order valence-corrected chi connectivity index (χ3v) is 3.89. The van der Waals surface area contributed by atoms with Gasteiger partial charge in [0.2, 0.25) is 0 Å². The quantitative estimate of drug-likeness (QED) is 0.798. The van der Waals surface area contributed by atoms with Crippen LogP contribution in [0, 0.1) is 0 Å². The van der Waals surface area contributed by atoms with Crippen LogP contribution in [-0.4, -0.2) is 22.6 Å². The fraction of sp³-hybridized carbons (Fsp3) is 0.333. The minimum Gasteiger partial charge on any atom is -0.467 e. The van der Waals surface area contributed by atoms with Crippen molar-refractivity contribution in [1.29, 1.82) is 0 Å². The highest BCUT2D eigenvalue weighted by atomic mass is 35.5. The lowest BCUT2D eigenvalue weighted by molar-refractivity contribution is -0.145. The molecule has 1 aromatic heterocycles. The summed E-state index contributed by atoms with van der Waals surface area (Å²) < 4.78 is 6.82. The van der Waals surface area contributed by atoms with Gasteiger partial charge >= 0.3 is 5.97 Å². The average Bonchev–Trinajstić information content (AvgIpc) is 2.91. The van der Waals surface area contributed by atoms with Gasteiger partial charge in [0.25, 0.3) is 0 Å². The second-order valence-corrected chi connectivity index (χ2v) is 5.32. The Morgan fingerprint density at radius 1 is 1.40 bits per heavy atom. The SMILES string of the molecule is COC(=O)C1CCCc2nc(-c3ccc(Cl)cc3)cn21. The van der Waals surface area contributed by atoms with Crippen molar-refractivity contribution in [1.82, 2.24) is 9.55 Å². The van der Waals surface area contributed by atoms with E-state index >= 15 is 0 Å². The summed E-state index contributed by atoms with van der Waals surface area (Å²) in [6.45, 7) is 0. The summed E-state index contributed by atoms with van der Waals surface area (Å²) in [5.74, 6) is 0.739. The number of halogens is 1. The highest BCUT2D eigenvalue weighted by Gasteiger charge is 2.28. The van der Waals surface area contributed by atoms with Crippen LogP contribution in [0.4, 0.5) is 0 Å². The van der Waals surface area contributed by atoms with E-state index in [2.05, 4.69) is 4.98 Å². The lowest BCUT2D eigenvalue weighted by Crippen LogP contribution is -2.25. The zero-order chi connectivity index (χ0) is 14.1. The molecule has 4 nitrogen and oxygen atoms in total. The molecule has 0 spiro atoms. The molecule has 0 aliphatic carbocycles. The van der Waals surface area contributed by atoms with Crippen LogP contribution in [0.1, 0.15) is 24.7 Å². The number of aromatic nitrogens is 2. The van der Waals surface area contributed by atoms with Gasteiger partial charge in [0.15, 0.2) is 0 Å². The molecule has 0 N–H and O–H groups in total. The van der Waals surface area contributed by atoms with Crippen molar-refractivity contribution in [2.75, 3.05) is 7.11 Å². The van der Waals surface area contributed by atoms with Crippen LogP contribution in [0.15, 0.2) is 30.5 Å². The van der Waals surface area contributed by atoms with Gasteiger partial charge in [0, 0.05) is 23.2 Å². The van der Waals surface area contributed by atoms with Gasteiger partial charge in [-0.25, -0.2) is 9.78 Å². The fourth-order valence-electron chi connectivity index (χ4n) is 2.61. The number of aryl methyl sites for hydroxylation is 1. The number of hydrogen-bond acceptors (Lipinski definition) is 3. The van der Waals surface area contributed by atoms with Gasteiger partial charge in [0.1, 0.15) is 11.9 Å². The third-order valence-electron chi connectivity index (χ3n) is 3.64. The number of methoxy groups -OCH3 is 1. The molecule has 1 unspecified atom stereocenters. The van der Waals surface area contributed by atoms with Gasteiger partial charge in [-0.15, -0.1) is 0 Å². The zero-order valence-corrected chi connectivity index (χ0v) is 11.9. The highest BCUT2D eigenvalue weighted by molar-refractivity contribution is 6.30. The van der Waals surface area contributed by atoms with Gasteiger partial charge in [-0.05, 0) is 25.0 Å². The Balaban J connectivity index is 1.99. The number of nitrogens with zero attached hydrogens (tertiary/aromatic N) is 2. The van der Waals surface area contributed by atoms with E-state index in [4.69, 9.17) is 16.3 Å². The number of benzene rings is 1. The van der Waals surface area contributed by atoms with Crippen LogP contribution in [0.3, 0.4) is 0 Å². The summed E-state index contributed by atoms with van der Waals surface area (Å²) in [5.41, 5.74) is 1.87. The Bertz CT molecular complexity index is 634. The lowest BCUT2D eigenvalue weighted by atomic mass is 10.1. The first kappa shape index (κ1) is 13.2. The number of rotatable bonds is 2. The van der Waals surface area contributed by atoms with Gasteiger partial charge in [-0.2, -0.15) is 0 Å². The molecule has 0 radical (unpaired) electrons. The minimum absolute atomic E-state index is 0.203. The van der Waals surface area contributed by atoms with E-state index in [1.54, 1.807) is 0 Å². The Morgan fingerprint density at radius 2 is 2.15 bits per heavy atom. The van der Waals surface area contributed by atoms with Crippen molar-refractivity contribution in [3.8, 4) is 11.3 Å². The Kier molecular flexibility index (Phi) is 3.49. The van der Waals surface area contributed by atoms with Crippen LogP contribution < -0.4 is 0 Å². The van der Waals surface area contributed by atoms with Crippen molar-refractivity contribution < 1.29 is 9.53 Å². The number of carbonyl (C=O) groups excluding carboxylic acids is 1. The molecule has 0 bridgehead atoms. The van der Waals surface area contributed by atoms with Crippen LogP contribution in [-0.2, 0) is 16.0 Å². The lowest BCUT2D eigenvalue weighted by Gasteiger charge is -2.22. The highest BCUT2D eigenvalue weighted by Crippen LogP contribution is 2.29. The van der Waals surface area contributed by atoms with Crippen molar-refractivity contribution in [2.24, 2.45) is 0 Å². The van der Waals surface area contributed by atoms with E-state index in [0.29, 0.717) is 5.02 Å². The minimum atomic E-state index is -0.252. The van der Waals surface area contributed by atoms with Crippen LogP contribution in [0.5, 0.6) is 0 Å². The first-order valence-corrected chi connectivity index (χ1v) is 6.98. The summed E-state index contributed by atoms with van der Waals surface area (Å²) in [7, 11) is 1.42. The van der Waals surface area contributed by atoms with Gasteiger partial charge in [0.05, 0.1) is 12.8 Å². The van der Waals surface area contributed by atoms with Crippen LogP contribution in [0.2, 0.25) is 5.02 Å². The summed E-state index contributed by atoms with van der Waals surface area (Å²) >= 11 is 5.90. The standard InChI is InChI=1S/C15H15ClN2O2/c1-20-15(19)13-3-2-4-14-17-12(9-18(13)14)10-5-7-11(16)8-6-10/h5-9,13H,2-4H2,1H3. The number of carbonyl (C=O) groups is 1. The molecule has 0 saturated carbocycles. The number of esters is 1. The first-order valence-electron chi connectivity index (χ1n) is 6.60. The molecule has 1 aromatic carbocycles. The fourth-order valence-corrected chi connectivity index (χ4v) is 2.73. The van der Waals surface area contributed by atoms with Crippen LogP contribution >= 0.6 is 11.6 Å². The molecule has 1 atom stereocenters. The molecule has 5 heteroatoms. The van der Waals surface area contributed by atoms with E-state index < -0.39 is 0 Å². The number of imidazole rings is 1. The van der Waals surface area contributed by atoms with Gasteiger partial charge in [-0.1, -0.05) is 23.7 Å². The molecule has 2 aromatic rings. The maximum absolute atomic E-state index is 11.8. The average molecular weight is 291 g/mol. The van der Waals surface area contributed by atoms with Gasteiger partial charge in [-0.3, -0.25) is 0 Å². The molecule has 1 aliphatic heterocycles. The van der Waals surface area contributed by atoms with Crippen molar-refractivity contribution in [2.45, 2.75) is 25.3 Å². The molecule has 2 heterocycles. The van der Waals surface area contributed by atoms with Crippen LogP contribution in [0.25, 0.3) is 11.3 Å². The predicted octanol–water partition coefficient (Wildman–Crippen LogP) is 3.25. The maximum Gasteiger partial charge on any atom is 0.328 e. The molecule has 20 heavy (non-hydrogen) atoms. The normalized spacial score (nSPS) is 17.6. The van der Waals surface area contributed by atoms with E-state index in [1.165, 1.54) is 7.11 Å². The van der Waals surface area contributed by atoms with E-state index in [1.807, 2.05) is 35.0 Å². The first-order chi connectivity index (χ1) is 9.69. The number of fused-ring (bicyclic) bond motifs is 1. The molecule has 3 rings (SSSR count).